The van der Waals surface area contributed by atoms with Gasteiger partial charge < -0.3 is 25.4 Å². The summed E-state index contributed by atoms with van der Waals surface area (Å²) < 4.78 is 17.2. The van der Waals surface area contributed by atoms with E-state index in [1.54, 1.807) is 0 Å². The number of ether oxygens (including phenoxy) is 1. The molecule has 2 atom stereocenters. The fourth-order valence-corrected chi connectivity index (χ4v) is 2.61. The van der Waals surface area contributed by atoms with Crippen LogP contribution in [0.1, 0.15) is 29.6 Å². The molecule has 0 unspecified atom stereocenters. The fraction of sp³-hybridized carbons (Fsp3) is 0.500. The normalized spacial score (nSPS) is 22.7. The van der Waals surface area contributed by atoms with Crippen molar-refractivity contribution in [2.45, 2.75) is 25.2 Å². The number of rotatable bonds is 5. The highest BCUT2D eigenvalue weighted by molar-refractivity contribution is 7.51. The second-order valence-electron chi connectivity index (χ2n) is 4.62. The van der Waals surface area contributed by atoms with Crippen molar-refractivity contribution < 1.29 is 33.8 Å². The van der Waals surface area contributed by atoms with E-state index >= 15 is 0 Å². The number of aromatic nitrogens is 2. The van der Waals surface area contributed by atoms with E-state index in [-0.39, 0.29) is 24.3 Å². The Morgan fingerprint density at radius 3 is 2.76 bits per heavy atom. The van der Waals surface area contributed by atoms with Crippen molar-refractivity contribution in [2.75, 3.05) is 6.16 Å². The molecule has 1 amide bonds. The highest BCUT2D eigenvalue weighted by atomic mass is 31.2. The predicted octanol–water partition coefficient (Wildman–Crippen LogP) is -0.888. The molecule has 1 aromatic heterocycles. The smallest absolute Gasteiger partial charge is 0.325 e. The van der Waals surface area contributed by atoms with Gasteiger partial charge in [-0.1, -0.05) is 0 Å². The quantitative estimate of drug-likeness (QED) is 0.507. The van der Waals surface area contributed by atoms with Crippen LogP contribution in [0.2, 0.25) is 0 Å². The number of amides is 1. The molecular weight excluding hydrogens is 305 g/mol. The van der Waals surface area contributed by atoms with Crippen LogP contribution in [0.5, 0.6) is 5.88 Å². The van der Waals surface area contributed by atoms with Crippen molar-refractivity contribution in [3.05, 3.63) is 12.0 Å². The average Bonchev–Trinajstić information content (AvgIpc) is 2.89. The number of nitrogens with zero attached hydrogens (tertiary/aromatic N) is 2. The lowest BCUT2D eigenvalue weighted by Gasteiger charge is -2.14. The molecule has 0 radical (unpaired) electrons. The Morgan fingerprint density at radius 2 is 2.24 bits per heavy atom. The third-order valence-corrected chi connectivity index (χ3v) is 3.89. The van der Waals surface area contributed by atoms with E-state index in [1.807, 2.05) is 0 Å². The molecule has 0 aliphatic carbocycles. The first kappa shape index (κ1) is 15.6. The predicted molar refractivity (Wildman–Crippen MR) is 67.5 cm³/mol. The molecule has 2 heterocycles. The number of imidazole rings is 1. The van der Waals surface area contributed by atoms with E-state index in [4.69, 9.17) is 20.3 Å². The van der Waals surface area contributed by atoms with Crippen LogP contribution in [0.3, 0.4) is 0 Å². The van der Waals surface area contributed by atoms with Crippen LogP contribution in [-0.2, 0) is 14.1 Å². The van der Waals surface area contributed by atoms with Crippen molar-refractivity contribution in [1.29, 1.82) is 0 Å². The Kier molecular flexibility index (Phi) is 4.15. The van der Waals surface area contributed by atoms with Gasteiger partial charge in [0.15, 0.2) is 11.5 Å². The minimum atomic E-state index is -4.22. The van der Waals surface area contributed by atoms with E-state index in [2.05, 4.69) is 4.98 Å². The number of carbonyl (C=O) groups is 2. The lowest BCUT2D eigenvalue weighted by molar-refractivity contribution is -0.123. The van der Waals surface area contributed by atoms with E-state index in [1.165, 1.54) is 0 Å². The molecule has 0 bridgehead atoms. The maximum atomic E-state index is 11.7. The summed E-state index contributed by atoms with van der Waals surface area (Å²) in [6.45, 7) is 0. The maximum Gasteiger partial charge on any atom is 0.325 e. The molecule has 0 spiro atoms. The monoisotopic (exact) mass is 319 g/mol. The maximum absolute atomic E-state index is 11.7. The second kappa shape index (κ2) is 5.57. The van der Waals surface area contributed by atoms with Crippen molar-refractivity contribution >= 4 is 19.3 Å². The van der Waals surface area contributed by atoms with Gasteiger partial charge in [0, 0.05) is 0 Å². The van der Waals surface area contributed by atoms with E-state index in [0.29, 0.717) is 0 Å². The molecule has 5 N–H and O–H groups in total. The van der Waals surface area contributed by atoms with Gasteiger partial charge in [-0.2, -0.15) is 0 Å². The van der Waals surface area contributed by atoms with E-state index < -0.39 is 37.9 Å². The minimum absolute atomic E-state index is 0.103. The number of nitrogens with two attached hydrogens (primary N) is 1. The first-order valence-electron chi connectivity index (χ1n) is 5.97. The molecule has 0 aromatic carbocycles. The summed E-state index contributed by atoms with van der Waals surface area (Å²) in [5.41, 5.74) is 4.66. The summed E-state index contributed by atoms with van der Waals surface area (Å²) in [6, 6.07) is 0. The van der Waals surface area contributed by atoms with Crippen molar-refractivity contribution in [3.8, 4) is 5.88 Å². The van der Waals surface area contributed by atoms with Gasteiger partial charge in [-0.05, 0) is 6.42 Å². The summed E-state index contributed by atoms with van der Waals surface area (Å²) in [5.74, 6) is -1.79. The number of hydrogen-bond acceptors (Lipinski definition) is 6. The Morgan fingerprint density at radius 1 is 1.57 bits per heavy atom. The van der Waals surface area contributed by atoms with Gasteiger partial charge in [0.25, 0.3) is 5.91 Å². The molecule has 116 valence electrons. The summed E-state index contributed by atoms with van der Waals surface area (Å²) in [4.78, 5) is 43.9. The lowest BCUT2D eigenvalue weighted by Crippen LogP contribution is -2.17. The molecular formula is C10H14N3O7P. The van der Waals surface area contributed by atoms with Gasteiger partial charge in [0.1, 0.15) is 18.7 Å². The van der Waals surface area contributed by atoms with Crippen LogP contribution in [-0.4, -0.2) is 48.4 Å². The van der Waals surface area contributed by atoms with Crippen LogP contribution in [0.25, 0.3) is 0 Å². The first-order valence-corrected chi connectivity index (χ1v) is 7.77. The van der Waals surface area contributed by atoms with Crippen LogP contribution in [0.15, 0.2) is 6.33 Å². The zero-order valence-electron chi connectivity index (χ0n) is 10.7. The van der Waals surface area contributed by atoms with Crippen molar-refractivity contribution in [1.82, 2.24) is 9.55 Å². The van der Waals surface area contributed by atoms with Gasteiger partial charge in [0.2, 0.25) is 5.88 Å². The van der Waals surface area contributed by atoms with Crippen LogP contribution >= 0.6 is 7.60 Å². The topological polar surface area (TPSA) is 165 Å². The number of hydrogen-bond donors (Lipinski definition) is 4. The molecule has 1 aromatic rings. The Balaban J connectivity index is 2.09. The number of Topliss-reactive ketones (excluding diaryl/α,β-unsaturated/α-hetero) is 1. The minimum Gasteiger partial charge on any atom is -0.493 e. The van der Waals surface area contributed by atoms with Crippen LogP contribution in [0, 0.1) is 0 Å². The van der Waals surface area contributed by atoms with Gasteiger partial charge in [-0.15, -0.1) is 0 Å². The van der Waals surface area contributed by atoms with Crippen LogP contribution < -0.4 is 5.73 Å². The Hall–Kier alpha value is -1.74. The molecule has 2 rings (SSSR count). The Bertz CT molecular complexity index is 622. The van der Waals surface area contributed by atoms with Gasteiger partial charge in [0.05, 0.1) is 12.6 Å². The summed E-state index contributed by atoms with van der Waals surface area (Å²) in [6.07, 6.45) is -1.45. The number of primary amides is 1. The molecule has 21 heavy (non-hydrogen) atoms. The SMILES string of the molecule is NC(=O)c1ncn([C@H]2CC(=O)[C@@H](CCP(=O)(O)O)O2)c1O. The highest BCUT2D eigenvalue weighted by Crippen LogP contribution is 2.38. The zero-order valence-corrected chi connectivity index (χ0v) is 11.6. The fourth-order valence-electron chi connectivity index (χ4n) is 2.03. The highest BCUT2D eigenvalue weighted by Gasteiger charge is 2.37. The summed E-state index contributed by atoms with van der Waals surface area (Å²) in [7, 11) is -4.22. The average molecular weight is 319 g/mol. The molecule has 0 saturated carbocycles. The number of carbonyl (C=O) groups excluding carboxylic acids is 2. The van der Waals surface area contributed by atoms with Crippen molar-refractivity contribution in [3.63, 3.8) is 0 Å². The third-order valence-electron chi connectivity index (χ3n) is 3.05. The first-order chi connectivity index (χ1) is 9.69. The molecule has 10 nitrogen and oxygen atoms in total. The van der Waals surface area contributed by atoms with E-state index in [0.717, 1.165) is 10.9 Å². The lowest BCUT2D eigenvalue weighted by atomic mass is 10.2. The van der Waals surface area contributed by atoms with Crippen molar-refractivity contribution in [2.24, 2.45) is 5.73 Å². The van der Waals surface area contributed by atoms with Gasteiger partial charge >= 0.3 is 7.60 Å². The number of ketones is 1. The molecule has 1 fully saturated rings. The van der Waals surface area contributed by atoms with Gasteiger partial charge in [-0.3, -0.25) is 18.7 Å². The standard InChI is InChI=1S/C10H14N3O7P/c11-9(15)8-10(16)13(4-12-8)7-3-5(14)6(20-7)1-2-21(17,18)19/h4,6-7,16H,1-3H2,(H2,11,15)(H2,17,18,19)/t6-,7-/m1/s1. The van der Waals surface area contributed by atoms with E-state index in [9.17, 15) is 19.3 Å². The number of aromatic hydroxyl groups is 1. The molecule has 11 heteroatoms. The van der Waals surface area contributed by atoms with Crippen LogP contribution in [0.4, 0.5) is 0 Å². The summed E-state index contributed by atoms with van der Waals surface area (Å²) >= 11 is 0. The summed E-state index contributed by atoms with van der Waals surface area (Å²) in [5, 5.41) is 9.78. The largest absolute Gasteiger partial charge is 0.493 e. The third kappa shape index (κ3) is 3.48. The molecule has 1 aliphatic rings. The second-order valence-corrected chi connectivity index (χ2v) is 6.39. The zero-order chi connectivity index (χ0) is 15.8. The van der Waals surface area contributed by atoms with Gasteiger partial charge in [-0.25, -0.2) is 4.98 Å². The molecule has 1 aliphatic heterocycles. The Labute approximate surface area is 118 Å². The molecule has 1 saturated heterocycles.